The molecule has 2 atom stereocenters. The van der Waals surface area contributed by atoms with Crippen molar-refractivity contribution in [2.75, 3.05) is 6.61 Å². The van der Waals surface area contributed by atoms with Gasteiger partial charge in [0.05, 0.1) is 18.9 Å². The molecule has 82 valence electrons. The molecule has 1 saturated heterocycles. The second kappa shape index (κ2) is 4.04. The highest BCUT2D eigenvalue weighted by Gasteiger charge is 2.35. The zero-order valence-electron chi connectivity index (χ0n) is 12.6. The lowest BCUT2D eigenvalue weighted by molar-refractivity contribution is -0.141. The molecule has 0 spiro atoms. The van der Waals surface area contributed by atoms with Crippen LogP contribution < -0.4 is 0 Å². The molecule has 0 aromatic carbocycles. The molecule has 0 bridgehead atoms. The number of imidazole rings is 1. The Morgan fingerprint density at radius 3 is 3.47 bits per heavy atom. The van der Waals surface area contributed by atoms with Gasteiger partial charge >= 0.3 is 5.97 Å². The molecule has 1 aliphatic heterocycles. The van der Waals surface area contributed by atoms with Gasteiger partial charge in [-0.2, -0.15) is 0 Å². The average Bonchev–Trinajstić information content (AvgIpc) is 2.84. The summed E-state index contributed by atoms with van der Waals surface area (Å²) in [6, 6.07) is 0. The topological polar surface area (TPSA) is 44.1 Å². The minimum Gasteiger partial charge on any atom is -0.465 e. The summed E-state index contributed by atoms with van der Waals surface area (Å²) in [5, 5.41) is 0. The predicted octanol–water partition coefficient (Wildman–Crippen LogP) is 1.16. The zero-order chi connectivity index (χ0) is 14.3. The monoisotopic (exact) mass is 212 g/mol. The van der Waals surface area contributed by atoms with Crippen molar-refractivity contribution in [2.24, 2.45) is 18.8 Å². The number of esters is 1. The number of aromatic nitrogens is 2. The van der Waals surface area contributed by atoms with Crippen LogP contribution in [0.4, 0.5) is 0 Å². The van der Waals surface area contributed by atoms with Gasteiger partial charge in [-0.15, -0.1) is 0 Å². The third-order valence-electron chi connectivity index (χ3n) is 2.71. The Hall–Kier alpha value is -1.32. The first-order valence-electron chi connectivity index (χ1n) is 6.96. The van der Waals surface area contributed by atoms with Gasteiger partial charge in [0.2, 0.25) is 0 Å². The summed E-state index contributed by atoms with van der Waals surface area (Å²) < 4.78 is 36.6. The first-order chi connectivity index (χ1) is 8.78. The SMILES string of the molecule is [2H]C([2H])([2H])n1cncc1C[C@@]1([2H])COC(=O)[C@H]1CC. The van der Waals surface area contributed by atoms with Crippen LogP contribution >= 0.6 is 0 Å². The molecule has 0 N–H and O–H groups in total. The van der Waals surface area contributed by atoms with Crippen LogP contribution in [0.1, 0.15) is 24.5 Å². The molecule has 1 aromatic heterocycles. The van der Waals surface area contributed by atoms with Gasteiger partial charge in [-0.3, -0.25) is 4.79 Å². The Bertz CT molecular complexity index is 485. The third kappa shape index (κ3) is 1.89. The molecule has 1 aliphatic rings. The van der Waals surface area contributed by atoms with E-state index in [4.69, 9.17) is 10.2 Å². The number of carbonyl (C=O) groups is 1. The second-order valence-corrected chi connectivity index (χ2v) is 3.66. The minimum absolute atomic E-state index is 0.00345. The Labute approximate surface area is 94.9 Å². The highest BCUT2D eigenvalue weighted by Crippen LogP contribution is 2.27. The van der Waals surface area contributed by atoms with Crippen molar-refractivity contribution in [3.8, 4) is 0 Å². The van der Waals surface area contributed by atoms with Gasteiger partial charge in [0.25, 0.3) is 0 Å². The van der Waals surface area contributed by atoms with Crippen molar-refractivity contribution < 1.29 is 15.0 Å². The summed E-state index contributed by atoms with van der Waals surface area (Å²) in [5.41, 5.74) is 0.423. The fraction of sp³-hybridized carbons (Fsp3) is 0.636. The fourth-order valence-electron chi connectivity index (χ4n) is 1.85. The molecular formula is C11H16N2O2. The lowest BCUT2D eigenvalue weighted by atomic mass is 9.89. The average molecular weight is 212 g/mol. The lowest BCUT2D eigenvalue weighted by Gasteiger charge is -2.12. The van der Waals surface area contributed by atoms with E-state index in [1.54, 1.807) is 0 Å². The number of nitrogens with zero attached hydrogens (tertiary/aromatic N) is 2. The van der Waals surface area contributed by atoms with Crippen molar-refractivity contribution in [3.05, 3.63) is 18.2 Å². The summed E-state index contributed by atoms with van der Waals surface area (Å²) in [7, 11) is 0. The summed E-state index contributed by atoms with van der Waals surface area (Å²) in [6.07, 6.45) is 3.29. The Morgan fingerprint density at radius 2 is 2.73 bits per heavy atom. The normalized spacial score (nSPS) is 35.3. The zero-order valence-corrected chi connectivity index (χ0v) is 8.56. The van der Waals surface area contributed by atoms with Crippen LogP contribution in [0, 0.1) is 11.8 Å². The largest absolute Gasteiger partial charge is 0.465 e. The summed E-state index contributed by atoms with van der Waals surface area (Å²) in [4.78, 5) is 15.4. The van der Waals surface area contributed by atoms with Gasteiger partial charge in [0, 0.05) is 30.2 Å². The number of aryl methyl sites for hydroxylation is 1. The summed E-state index contributed by atoms with van der Waals surface area (Å²) >= 11 is 0. The van der Waals surface area contributed by atoms with Crippen LogP contribution in [0.5, 0.6) is 0 Å². The molecular weight excluding hydrogens is 192 g/mol. The van der Waals surface area contributed by atoms with Crippen molar-refractivity contribution in [3.63, 3.8) is 0 Å². The van der Waals surface area contributed by atoms with E-state index in [2.05, 4.69) is 4.98 Å². The maximum atomic E-state index is 11.6. The third-order valence-corrected chi connectivity index (χ3v) is 2.71. The van der Waals surface area contributed by atoms with E-state index in [1.807, 2.05) is 6.92 Å². The van der Waals surface area contributed by atoms with E-state index in [-0.39, 0.29) is 19.0 Å². The Balaban J connectivity index is 2.27. The van der Waals surface area contributed by atoms with Gasteiger partial charge in [0.1, 0.15) is 0 Å². The lowest BCUT2D eigenvalue weighted by Crippen LogP contribution is -2.18. The maximum Gasteiger partial charge on any atom is 0.309 e. The highest BCUT2D eigenvalue weighted by atomic mass is 16.5. The first-order valence-corrected chi connectivity index (χ1v) is 4.96. The maximum absolute atomic E-state index is 11.6. The van der Waals surface area contributed by atoms with E-state index in [0.29, 0.717) is 12.1 Å². The van der Waals surface area contributed by atoms with E-state index >= 15 is 0 Å². The first kappa shape index (κ1) is 6.30. The van der Waals surface area contributed by atoms with Gasteiger partial charge in [0.15, 0.2) is 0 Å². The van der Waals surface area contributed by atoms with Crippen LogP contribution in [-0.2, 0) is 22.9 Å². The smallest absolute Gasteiger partial charge is 0.309 e. The van der Waals surface area contributed by atoms with Crippen molar-refractivity contribution >= 4 is 5.97 Å². The number of carbonyl (C=O) groups excluding carboxylic acids is 1. The van der Waals surface area contributed by atoms with Crippen LogP contribution in [0.3, 0.4) is 0 Å². The van der Waals surface area contributed by atoms with Crippen molar-refractivity contribution in [1.82, 2.24) is 9.55 Å². The van der Waals surface area contributed by atoms with Gasteiger partial charge < -0.3 is 9.30 Å². The van der Waals surface area contributed by atoms with Gasteiger partial charge in [-0.05, 0) is 12.8 Å². The Morgan fingerprint density at radius 1 is 1.87 bits per heavy atom. The van der Waals surface area contributed by atoms with Gasteiger partial charge in [-0.1, -0.05) is 6.92 Å². The molecule has 2 rings (SSSR count). The molecule has 0 amide bonds. The molecule has 4 heteroatoms. The van der Waals surface area contributed by atoms with Crippen LogP contribution in [0.15, 0.2) is 12.5 Å². The second-order valence-electron chi connectivity index (χ2n) is 3.66. The molecule has 2 heterocycles. The number of rotatable bonds is 3. The molecule has 4 nitrogen and oxygen atoms in total. The molecule has 0 radical (unpaired) electrons. The quantitative estimate of drug-likeness (QED) is 0.706. The highest BCUT2D eigenvalue weighted by molar-refractivity contribution is 5.74. The molecule has 0 saturated carbocycles. The van der Waals surface area contributed by atoms with Crippen molar-refractivity contribution in [1.29, 1.82) is 0 Å². The Kier molecular flexibility index (Phi) is 1.70. The van der Waals surface area contributed by atoms with E-state index in [1.165, 1.54) is 12.5 Å². The molecule has 1 fully saturated rings. The molecule has 1 aromatic rings. The molecule has 0 aliphatic carbocycles. The minimum atomic E-state index is -2.33. The molecule has 15 heavy (non-hydrogen) atoms. The van der Waals surface area contributed by atoms with E-state index in [9.17, 15) is 4.79 Å². The predicted molar refractivity (Wildman–Crippen MR) is 55.1 cm³/mol. The number of hydrogen-bond acceptors (Lipinski definition) is 3. The van der Waals surface area contributed by atoms with Crippen LogP contribution in [0.2, 0.25) is 0 Å². The number of ether oxygens (including phenoxy) is 1. The van der Waals surface area contributed by atoms with Gasteiger partial charge in [-0.25, -0.2) is 4.98 Å². The van der Waals surface area contributed by atoms with Crippen molar-refractivity contribution in [2.45, 2.75) is 19.8 Å². The van der Waals surface area contributed by atoms with E-state index in [0.717, 1.165) is 4.57 Å². The van der Waals surface area contributed by atoms with E-state index < -0.39 is 18.8 Å². The summed E-state index contributed by atoms with van der Waals surface area (Å²) in [6.45, 7) is -0.508. The number of hydrogen-bond donors (Lipinski definition) is 0. The van der Waals surface area contributed by atoms with Crippen LogP contribution in [-0.4, -0.2) is 22.1 Å². The standard InChI is InChI=1S/C11H16N2O2/c1-3-10-8(6-15-11(10)14)4-9-5-12-7-13(9)2/h5,7-8,10H,3-4,6H2,1-2H3/t8-,10-/m0/s1/i2D3,8D. The number of cyclic esters (lactones) is 1. The molecule has 0 unspecified atom stereocenters. The summed E-state index contributed by atoms with van der Waals surface area (Å²) in [5.74, 6) is -2.01. The van der Waals surface area contributed by atoms with Crippen LogP contribution in [0.25, 0.3) is 0 Å². The fourth-order valence-corrected chi connectivity index (χ4v) is 1.85.